The van der Waals surface area contributed by atoms with Crippen molar-refractivity contribution < 1.29 is 0 Å². The molecule has 0 amide bonds. The van der Waals surface area contributed by atoms with Crippen molar-refractivity contribution in [2.24, 2.45) is 0 Å². The summed E-state index contributed by atoms with van der Waals surface area (Å²) >= 11 is 0. The Kier molecular flexibility index (Phi) is 5.88. The molecule has 3 heterocycles. The molecule has 0 aliphatic rings. The van der Waals surface area contributed by atoms with Gasteiger partial charge in [0.15, 0.2) is 0 Å². The number of benzene rings is 7. The van der Waals surface area contributed by atoms with E-state index in [2.05, 4.69) is 179 Å². The third-order valence-electron chi connectivity index (χ3n) is 10.2. The van der Waals surface area contributed by atoms with Gasteiger partial charge in [-0.05, 0) is 77.9 Å². The Morgan fingerprint density at radius 3 is 1.12 bits per heavy atom. The predicted molar refractivity (Wildman–Crippen MR) is 210 cm³/mol. The van der Waals surface area contributed by atoms with Gasteiger partial charge in [-0.2, -0.15) is 0 Å². The van der Waals surface area contributed by atoms with Gasteiger partial charge in [0.1, 0.15) is 0 Å². The molecule has 0 fully saturated rings. The van der Waals surface area contributed by atoms with Crippen molar-refractivity contribution in [1.82, 2.24) is 13.7 Å². The highest BCUT2D eigenvalue weighted by atomic mass is 15.0. The van der Waals surface area contributed by atoms with Crippen molar-refractivity contribution >= 4 is 77.6 Å². The van der Waals surface area contributed by atoms with Gasteiger partial charge in [-0.25, -0.2) is 0 Å². The van der Waals surface area contributed by atoms with Crippen LogP contribution in [0.3, 0.4) is 0 Å². The molecular weight excluding hydrogens is 595 g/mol. The minimum atomic E-state index is 1.10. The minimum absolute atomic E-state index is 1.10. The van der Waals surface area contributed by atoms with Crippen LogP contribution in [0.2, 0.25) is 0 Å². The molecule has 0 atom stereocenters. The maximum Gasteiger partial charge on any atom is 0.0561 e. The van der Waals surface area contributed by atoms with Crippen LogP contribution in [0.15, 0.2) is 165 Å². The quantitative estimate of drug-likeness (QED) is 0.181. The van der Waals surface area contributed by atoms with Gasteiger partial charge in [-0.3, -0.25) is 0 Å². The van der Waals surface area contributed by atoms with E-state index in [1.807, 2.05) is 12.2 Å². The molecule has 0 spiro atoms. The maximum absolute atomic E-state index is 4.00. The van der Waals surface area contributed by atoms with Gasteiger partial charge < -0.3 is 13.7 Å². The number of aromatic nitrogens is 3. The number of para-hydroxylation sites is 3. The summed E-state index contributed by atoms with van der Waals surface area (Å²) in [5.74, 6) is 0. The van der Waals surface area contributed by atoms with Crippen molar-refractivity contribution in [3.63, 3.8) is 0 Å². The van der Waals surface area contributed by atoms with Crippen molar-refractivity contribution in [2.45, 2.75) is 0 Å². The van der Waals surface area contributed by atoms with Crippen LogP contribution >= 0.6 is 0 Å². The molecule has 10 rings (SSSR count). The van der Waals surface area contributed by atoms with Gasteiger partial charge >= 0.3 is 0 Å². The molecule has 7 aromatic carbocycles. The molecule has 0 bridgehead atoms. The van der Waals surface area contributed by atoms with Crippen LogP contribution in [0.1, 0.15) is 11.1 Å². The highest BCUT2D eigenvalue weighted by Crippen LogP contribution is 2.41. The van der Waals surface area contributed by atoms with Crippen LogP contribution in [0, 0.1) is 0 Å². The second-order valence-corrected chi connectivity index (χ2v) is 12.7. The number of rotatable bonds is 5. The lowest BCUT2D eigenvalue weighted by molar-refractivity contribution is 1.15. The topological polar surface area (TPSA) is 14.8 Å². The van der Waals surface area contributed by atoms with Crippen molar-refractivity contribution in [3.05, 3.63) is 176 Å². The fourth-order valence-electron chi connectivity index (χ4n) is 7.88. The molecule has 0 radical (unpaired) electrons. The van der Waals surface area contributed by atoms with E-state index in [4.69, 9.17) is 0 Å². The summed E-state index contributed by atoms with van der Waals surface area (Å²) in [5.41, 5.74) is 12.7. The van der Waals surface area contributed by atoms with Crippen molar-refractivity contribution in [3.8, 4) is 17.1 Å². The van der Waals surface area contributed by atoms with Crippen molar-refractivity contribution in [2.75, 3.05) is 0 Å². The van der Waals surface area contributed by atoms with E-state index in [1.54, 1.807) is 0 Å². The van der Waals surface area contributed by atoms with E-state index < -0.39 is 0 Å². The molecule has 10 aromatic rings. The zero-order valence-corrected chi connectivity index (χ0v) is 26.8. The van der Waals surface area contributed by atoms with Crippen LogP contribution in [0.4, 0.5) is 0 Å². The molecule has 0 saturated carbocycles. The van der Waals surface area contributed by atoms with E-state index in [-0.39, 0.29) is 0 Å². The average molecular weight is 626 g/mol. The Bertz CT molecular complexity index is 2890. The monoisotopic (exact) mass is 625 g/mol. The molecule has 230 valence electrons. The second kappa shape index (κ2) is 10.5. The molecule has 3 nitrogen and oxygen atoms in total. The Balaban J connectivity index is 1.32. The van der Waals surface area contributed by atoms with Gasteiger partial charge in [-0.1, -0.05) is 110 Å². The first-order chi connectivity index (χ1) is 24.2. The number of nitrogens with zero attached hydrogens (tertiary/aromatic N) is 3. The van der Waals surface area contributed by atoms with Gasteiger partial charge in [0.25, 0.3) is 0 Å². The molecule has 3 heteroatoms. The Labute approximate surface area is 283 Å². The largest absolute Gasteiger partial charge is 0.309 e. The Morgan fingerprint density at radius 1 is 0.306 bits per heavy atom. The predicted octanol–water partition coefficient (Wildman–Crippen LogP) is 12.3. The first kappa shape index (κ1) is 27.5. The lowest BCUT2D eigenvalue weighted by Gasteiger charge is -2.11. The zero-order valence-electron chi connectivity index (χ0n) is 26.8. The number of hydrogen-bond donors (Lipinski definition) is 0. The lowest BCUT2D eigenvalue weighted by Crippen LogP contribution is -1.97. The lowest BCUT2D eigenvalue weighted by atomic mass is 10.1. The summed E-state index contributed by atoms with van der Waals surface area (Å²) in [6, 6.07) is 55.2. The third kappa shape index (κ3) is 3.96. The SMILES string of the molecule is C=Cc1ccc(-n2c3ccccc3c3cc4c(cc32)c2ccc(-n3c5ccccc5c5ccccc53)cc2n4-c2ccc(C=C)cc2)cc1. The van der Waals surface area contributed by atoms with Gasteiger partial charge in [-0.15, -0.1) is 0 Å². The van der Waals surface area contributed by atoms with Gasteiger partial charge in [0.05, 0.1) is 33.1 Å². The molecule has 49 heavy (non-hydrogen) atoms. The Morgan fingerprint density at radius 2 is 0.653 bits per heavy atom. The van der Waals surface area contributed by atoms with E-state index in [9.17, 15) is 0 Å². The van der Waals surface area contributed by atoms with Crippen LogP contribution in [-0.4, -0.2) is 13.7 Å². The third-order valence-corrected chi connectivity index (χ3v) is 10.2. The molecule has 0 N–H and O–H groups in total. The summed E-state index contributed by atoms with van der Waals surface area (Å²) < 4.78 is 7.22. The smallest absolute Gasteiger partial charge is 0.0561 e. The van der Waals surface area contributed by atoms with Crippen LogP contribution < -0.4 is 0 Å². The van der Waals surface area contributed by atoms with E-state index >= 15 is 0 Å². The minimum Gasteiger partial charge on any atom is -0.309 e. The van der Waals surface area contributed by atoms with Gasteiger partial charge in [0.2, 0.25) is 0 Å². The molecule has 3 aromatic heterocycles. The van der Waals surface area contributed by atoms with E-state index in [1.165, 1.54) is 65.4 Å². The highest BCUT2D eigenvalue weighted by molar-refractivity contribution is 6.19. The normalized spacial score (nSPS) is 11.8. The molecule has 0 aliphatic carbocycles. The molecular formula is C46H31N3. The second-order valence-electron chi connectivity index (χ2n) is 12.7. The molecule has 0 saturated heterocycles. The van der Waals surface area contributed by atoms with Gasteiger partial charge in [0, 0.05) is 49.4 Å². The fraction of sp³-hybridized carbons (Fsp3) is 0. The first-order valence-electron chi connectivity index (χ1n) is 16.7. The number of fused-ring (bicyclic) bond motifs is 9. The maximum atomic E-state index is 4.00. The highest BCUT2D eigenvalue weighted by Gasteiger charge is 2.20. The summed E-state index contributed by atoms with van der Waals surface area (Å²) in [7, 11) is 0. The Hall–Kier alpha value is -6.58. The van der Waals surface area contributed by atoms with Crippen LogP contribution in [-0.2, 0) is 0 Å². The molecule has 0 aliphatic heterocycles. The van der Waals surface area contributed by atoms with Crippen LogP contribution in [0.25, 0.3) is 94.6 Å². The summed E-state index contributed by atoms with van der Waals surface area (Å²) in [5, 5.41) is 7.41. The average Bonchev–Trinajstić information content (AvgIpc) is 3.79. The number of hydrogen-bond acceptors (Lipinski definition) is 0. The summed E-state index contributed by atoms with van der Waals surface area (Å²) in [6.45, 7) is 7.96. The zero-order chi connectivity index (χ0) is 32.6. The van der Waals surface area contributed by atoms with E-state index in [0.717, 1.165) is 28.2 Å². The van der Waals surface area contributed by atoms with Crippen molar-refractivity contribution in [1.29, 1.82) is 0 Å². The summed E-state index contributed by atoms with van der Waals surface area (Å²) in [4.78, 5) is 0. The van der Waals surface area contributed by atoms with Crippen LogP contribution in [0.5, 0.6) is 0 Å². The fourth-order valence-corrected chi connectivity index (χ4v) is 7.88. The molecule has 0 unspecified atom stereocenters. The summed E-state index contributed by atoms with van der Waals surface area (Å²) in [6.07, 6.45) is 3.79. The van der Waals surface area contributed by atoms with E-state index in [0.29, 0.717) is 0 Å². The standard InChI is InChI=1S/C46H31N3/c1-3-30-17-21-32(22-18-30)47-43-16-10-7-13-37(43)39-28-46-40(29-45(39)47)38-26-25-34(27-44(38)48(46)33-23-19-31(4-2)20-24-33)49-41-14-8-5-11-35(41)36-12-6-9-15-42(36)49/h3-29H,1-2H2. The first-order valence-corrected chi connectivity index (χ1v) is 16.7.